The van der Waals surface area contributed by atoms with Gasteiger partial charge in [0.2, 0.25) is 16.9 Å². The van der Waals surface area contributed by atoms with Gasteiger partial charge in [-0.2, -0.15) is 4.98 Å². The number of hydrogen-bond donors (Lipinski definition) is 1. The molecule has 2 aliphatic rings. The third-order valence-corrected chi connectivity index (χ3v) is 8.83. The van der Waals surface area contributed by atoms with E-state index in [1.54, 1.807) is 43.5 Å². The van der Waals surface area contributed by atoms with E-state index in [4.69, 9.17) is 24.3 Å². The van der Waals surface area contributed by atoms with Gasteiger partial charge in [-0.15, -0.1) is 16.4 Å². The molecule has 1 N–H and O–H groups in total. The van der Waals surface area contributed by atoms with Crippen molar-refractivity contribution in [3.05, 3.63) is 81.4 Å². The Hall–Kier alpha value is -3.83. The van der Waals surface area contributed by atoms with Gasteiger partial charge in [0.1, 0.15) is 6.04 Å². The van der Waals surface area contributed by atoms with Crippen LogP contribution in [-0.4, -0.2) is 46.9 Å². The van der Waals surface area contributed by atoms with Crippen LogP contribution >= 0.6 is 23.1 Å². The van der Waals surface area contributed by atoms with Crippen molar-refractivity contribution in [3.63, 3.8) is 0 Å². The van der Waals surface area contributed by atoms with Crippen LogP contribution in [-0.2, 0) is 10.5 Å². The number of allylic oxidation sites excluding steroid dienone is 2. The molecule has 4 heterocycles. The van der Waals surface area contributed by atoms with Crippen molar-refractivity contribution in [2.75, 3.05) is 26.6 Å². The van der Waals surface area contributed by atoms with Gasteiger partial charge in [0.15, 0.2) is 17.3 Å². The lowest BCUT2D eigenvalue weighted by Gasteiger charge is -2.35. The minimum Gasteiger partial charge on any atom is -0.493 e. The van der Waals surface area contributed by atoms with Crippen molar-refractivity contribution in [2.45, 2.75) is 35.7 Å². The predicted molar refractivity (Wildman–Crippen MR) is 150 cm³/mol. The Morgan fingerprint density at radius 3 is 2.56 bits per heavy atom. The number of fused-ring (bicyclic) bond motifs is 1. The Kier molecular flexibility index (Phi) is 7.01. The zero-order valence-electron chi connectivity index (χ0n) is 21.7. The van der Waals surface area contributed by atoms with Crippen molar-refractivity contribution >= 4 is 34.8 Å². The summed E-state index contributed by atoms with van der Waals surface area (Å²) in [7, 11) is 4.74. The lowest BCUT2D eigenvalue weighted by Crippen LogP contribution is -2.33. The molecule has 0 spiro atoms. The molecule has 2 atom stereocenters. The van der Waals surface area contributed by atoms with E-state index in [0.717, 1.165) is 17.0 Å². The molecule has 0 saturated heterocycles. The number of anilines is 1. The topological polar surface area (TPSA) is 100 Å². The van der Waals surface area contributed by atoms with Crippen LogP contribution in [0.1, 0.15) is 40.9 Å². The largest absolute Gasteiger partial charge is 0.493 e. The number of aromatic nitrogens is 4. The van der Waals surface area contributed by atoms with Crippen LogP contribution in [0.5, 0.6) is 17.2 Å². The van der Waals surface area contributed by atoms with E-state index in [0.29, 0.717) is 52.5 Å². The fraction of sp³-hybridized carbons (Fsp3) is 0.286. The highest BCUT2D eigenvalue weighted by molar-refractivity contribution is 7.98. The Labute approximate surface area is 234 Å². The zero-order chi connectivity index (χ0) is 26.9. The smallest absolute Gasteiger partial charge is 0.227 e. The molecule has 9 nitrogen and oxygen atoms in total. The number of nitrogens with one attached hydrogen (secondary N) is 1. The third kappa shape index (κ3) is 4.76. The zero-order valence-corrected chi connectivity index (χ0v) is 23.3. The summed E-state index contributed by atoms with van der Waals surface area (Å²) >= 11 is 3.19. The van der Waals surface area contributed by atoms with E-state index < -0.39 is 6.04 Å². The molecule has 4 aromatic rings. The first-order chi connectivity index (χ1) is 19.1. The normalized spacial score (nSPS) is 18.3. The maximum absolute atomic E-state index is 13.8. The molecule has 0 saturated carbocycles. The number of rotatable bonds is 8. The molecular weight excluding hydrogens is 534 g/mol. The molecule has 3 aromatic heterocycles. The van der Waals surface area contributed by atoms with Crippen LogP contribution in [0.4, 0.5) is 5.95 Å². The fourth-order valence-electron chi connectivity index (χ4n) is 5.17. The van der Waals surface area contributed by atoms with Gasteiger partial charge >= 0.3 is 0 Å². The van der Waals surface area contributed by atoms with Gasteiger partial charge in [0.25, 0.3) is 0 Å². The Morgan fingerprint density at radius 2 is 1.90 bits per heavy atom. The van der Waals surface area contributed by atoms with Crippen molar-refractivity contribution < 1.29 is 19.0 Å². The van der Waals surface area contributed by atoms with E-state index in [9.17, 15) is 4.79 Å². The number of thioether (sulfide) groups is 1. The fourth-order valence-corrected chi connectivity index (χ4v) is 6.74. The maximum Gasteiger partial charge on any atom is 0.227 e. The molecule has 0 amide bonds. The second kappa shape index (κ2) is 10.7. The van der Waals surface area contributed by atoms with Gasteiger partial charge < -0.3 is 19.5 Å². The lowest BCUT2D eigenvalue weighted by atomic mass is 9.80. The molecule has 1 aromatic carbocycles. The number of hydrogen-bond acceptors (Lipinski definition) is 10. The summed E-state index contributed by atoms with van der Waals surface area (Å²) in [4.78, 5) is 24.2. The Bertz CT molecular complexity index is 1510. The molecule has 6 rings (SSSR count). The number of methoxy groups -OCH3 is 3. The quantitative estimate of drug-likeness (QED) is 0.281. The number of benzene rings is 1. The van der Waals surface area contributed by atoms with Gasteiger partial charge in [-0.1, -0.05) is 23.9 Å². The monoisotopic (exact) mass is 561 g/mol. The first-order valence-corrected chi connectivity index (χ1v) is 14.3. The summed E-state index contributed by atoms with van der Waals surface area (Å²) in [6, 6.07) is 13.2. The van der Waals surface area contributed by atoms with Crippen LogP contribution in [0.2, 0.25) is 0 Å². The molecule has 0 unspecified atom stereocenters. The van der Waals surface area contributed by atoms with Gasteiger partial charge in [0.05, 0.1) is 27.0 Å². The molecule has 1 aliphatic heterocycles. The average Bonchev–Trinajstić information content (AvgIpc) is 3.65. The van der Waals surface area contributed by atoms with Crippen LogP contribution in [0.3, 0.4) is 0 Å². The lowest BCUT2D eigenvalue weighted by molar-refractivity contribution is -0.116. The summed E-state index contributed by atoms with van der Waals surface area (Å²) in [5.74, 6) is 2.95. The Balaban J connectivity index is 1.44. The second-order valence-corrected chi connectivity index (χ2v) is 11.1. The summed E-state index contributed by atoms with van der Waals surface area (Å²) in [6.07, 6.45) is 2.93. The molecule has 200 valence electrons. The standard InChI is InChI=1S/C28H27N5O4S2/c1-35-21-13-17(14-22(36-2)26(21)37-3)25-24-19(11-16(12-20(24)34)23-8-6-10-38-23)30-27-31-28(32-33(25)27)39-15-18-7-4-5-9-29-18/h4-10,13-14,16,25H,11-12,15H2,1-3H3,(H,30,31,32)/t16-,25-/m0/s1. The van der Waals surface area contributed by atoms with Gasteiger partial charge in [-0.25, -0.2) is 4.68 Å². The summed E-state index contributed by atoms with van der Waals surface area (Å²) in [5.41, 5.74) is 3.31. The number of nitrogens with zero attached hydrogens (tertiary/aromatic N) is 4. The van der Waals surface area contributed by atoms with Crippen molar-refractivity contribution in [1.82, 2.24) is 19.7 Å². The second-order valence-electron chi connectivity index (χ2n) is 9.19. The number of thiophene rings is 1. The first kappa shape index (κ1) is 25.4. The summed E-state index contributed by atoms with van der Waals surface area (Å²) < 4.78 is 18.6. The number of Topliss-reactive ketones (excluding diaryl/α,β-unsaturated/α-hetero) is 1. The van der Waals surface area contributed by atoms with Gasteiger partial charge in [-0.05, 0) is 47.7 Å². The average molecular weight is 562 g/mol. The van der Waals surface area contributed by atoms with Crippen molar-refractivity contribution in [2.24, 2.45) is 0 Å². The summed E-state index contributed by atoms with van der Waals surface area (Å²) in [6.45, 7) is 0. The maximum atomic E-state index is 13.8. The Morgan fingerprint density at radius 1 is 1.08 bits per heavy atom. The van der Waals surface area contributed by atoms with E-state index >= 15 is 0 Å². The minimum atomic E-state index is -0.501. The highest BCUT2D eigenvalue weighted by Gasteiger charge is 2.40. The molecule has 0 radical (unpaired) electrons. The molecule has 11 heteroatoms. The third-order valence-electron chi connectivity index (χ3n) is 6.92. The van der Waals surface area contributed by atoms with E-state index in [1.165, 1.54) is 16.6 Å². The van der Waals surface area contributed by atoms with Crippen LogP contribution < -0.4 is 19.5 Å². The van der Waals surface area contributed by atoms with Crippen molar-refractivity contribution in [3.8, 4) is 17.2 Å². The number of carbonyl (C=O) groups excluding carboxylic acids is 1. The molecule has 0 bridgehead atoms. The van der Waals surface area contributed by atoms with E-state index in [1.807, 2.05) is 36.4 Å². The van der Waals surface area contributed by atoms with Gasteiger partial charge in [-0.3, -0.25) is 9.78 Å². The van der Waals surface area contributed by atoms with Crippen LogP contribution in [0.25, 0.3) is 0 Å². The molecular formula is C28H27N5O4S2. The van der Waals surface area contributed by atoms with E-state index in [2.05, 4.69) is 21.7 Å². The van der Waals surface area contributed by atoms with Crippen LogP contribution in [0.15, 0.2) is 70.5 Å². The SMILES string of the molecule is COc1cc([C@H]2C3=C(C[C@H](c4cccs4)CC3=O)Nc3nc(SCc4ccccn4)nn32)cc(OC)c1OC. The van der Waals surface area contributed by atoms with Gasteiger partial charge in [0, 0.05) is 40.4 Å². The first-order valence-electron chi connectivity index (χ1n) is 12.5. The van der Waals surface area contributed by atoms with E-state index in [-0.39, 0.29) is 11.7 Å². The van der Waals surface area contributed by atoms with Crippen molar-refractivity contribution in [1.29, 1.82) is 0 Å². The number of ether oxygens (including phenoxy) is 3. The molecule has 39 heavy (non-hydrogen) atoms. The molecule has 1 aliphatic carbocycles. The minimum absolute atomic E-state index is 0.0877. The number of pyridine rings is 1. The van der Waals surface area contributed by atoms with Crippen LogP contribution in [0, 0.1) is 0 Å². The highest BCUT2D eigenvalue weighted by atomic mass is 32.2. The summed E-state index contributed by atoms with van der Waals surface area (Å²) in [5, 5.41) is 11.0. The number of carbonyl (C=O) groups is 1. The number of ketones is 1. The predicted octanol–water partition coefficient (Wildman–Crippen LogP) is 5.47. The highest BCUT2D eigenvalue weighted by Crippen LogP contribution is 2.48. The molecule has 0 fully saturated rings.